The predicted octanol–water partition coefficient (Wildman–Crippen LogP) is 1.30. The lowest BCUT2D eigenvalue weighted by Crippen LogP contribution is -3.13. The Labute approximate surface area is 144 Å². The topological polar surface area (TPSA) is 45.6 Å². The van der Waals surface area contributed by atoms with E-state index in [4.69, 9.17) is 5.26 Å². The monoisotopic (exact) mass is 348 g/mol. The first-order chi connectivity index (χ1) is 12.0. The second-order valence-electron chi connectivity index (χ2n) is 6.19. The Bertz CT molecular complexity index is 757. The van der Waals surface area contributed by atoms with Gasteiger partial charge in [-0.25, -0.2) is 4.98 Å². The predicted molar refractivity (Wildman–Crippen MR) is 85.8 cm³/mol. The van der Waals surface area contributed by atoms with Crippen LogP contribution in [0.25, 0.3) is 0 Å². The molecule has 0 atom stereocenters. The standard InChI is InChI=1S/C18H17F3N4/c19-18(20,21)16-4-5-17(23-12-16)25-8-6-24(7-9-25)13-15-3-1-2-14(10-15)11-22/h1-5,10,12H,6-9,13H2/p+2. The summed E-state index contributed by atoms with van der Waals surface area (Å²) in [7, 11) is 0. The van der Waals surface area contributed by atoms with Crippen molar-refractivity contribution in [2.24, 2.45) is 0 Å². The van der Waals surface area contributed by atoms with Crippen molar-refractivity contribution in [3.63, 3.8) is 0 Å². The molecule has 25 heavy (non-hydrogen) atoms. The van der Waals surface area contributed by atoms with Crippen LogP contribution in [-0.4, -0.2) is 26.2 Å². The van der Waals surface area contributed by atoms with Crippen molar-refractivity contribution < 1.29 is 23.1 Å². The van der Waals surface area contributed by atoms with Crippen LogP contribution in [0.15, 0.2) is 42.6 Å². The van der Waals surface area contributed by atoms with E-state index in [0.29, 0.717) is 11.4 Å². The van der Waals surface area contributed by atoms with Gasteiger partial charge in [-0.2, -0.15) is 18.4 Å². The van der Waals surface area contributed by atoms with Gasteiger partial charge in [-0.3, -0.25) is 4.90 Å². The summed E-state index contributed by atoms with van der Waals surface area (Å²) in [5.74, 6) is 0.707. The molecular formula is C18H19F3N4+2. The van der Waals surface area contributed by atoms with Crippen molar-refractivity contribution >= 4 is 5.82 Å². The van der Waals surface area contributed by atoms with E-state index in [9.17, 15) is 13.2 Å². The molecule has 1 aliphatic rings. The van der Waals surface area contributed by atoms with Crippen LogP contribution in [-0.2, 0) is 12.7 Å². The minimum atomic E-state index is -4.32. The number of rotatable bonds is 3. The van der Waals surface area contributed by atoms with Gasteiger partial charge in [-0.15, -0.1) is 0 Å². The lowest BCUT2D eigenvalue weighted by molar-refractivity contribution is -0.914. The van der Waals surface area contributed by atoms with Crippen molar-refractivity contribution in [3.05, 3.63) is 59.3 Å². The summed E-state index contributed by atoms with van der Waals surface area (Å²) in [6.45, 7) is 4.18. The van der Waals surface area contributed by atoms with Crippen molar-refractivity contribution in [2.75, 3.05) is 31.1 Å². The largest absolute Gasteiger partial charge is 0.419 e. The van der Waals surface area contributed by atoms with E-state index in [-0.39, 0.29) is 0 Å². The third kappa shape index (κ3) is 4.28. The maximum absolute atomic E-state index is 12.6. The number of halogens is 3. The van der Waals surface area contributed by atoms with Crippen molar-refractivity contribution in [2.45, 2.75) is 12.7 Å². The molecule has 1 saturated heterocycles. The molecule has 1 aliphatic heterocycles. The Hall–Kier alpha value is -2.59. The van der Waals surface area contributed by atoms with E-state index in [1.165, 1.54) is 11.0 Å². The first-order valence-corrected chi connectivity index (χ1v) is 8.12. The Kier molecular flexibility index (Phi) is 4.91. The Morgan fingerprint density at radius 3 is 2.52 bits per heavy atom. The zero-order valence-corrected chi connectivity index (χ0v) is 13.6. The second-order valence-corrected chi connectivity index (χ2v) is 6.19. The molecule has 1 aromatic carbocycles. The van der Waals surface area contributed by atoms with Gasteiger partial charge in [0.2, 0.25) is 0 Å². The van der Waals surface area contributed by atoms with Gasteiger partial charge < -0.3 is 4.90 Å². The zero-order valence-electron chi connectivity index (χ0n) is 13.6. The SMILES string of the molecule is N#Cc1cccc(C[NH+]2CCN(c3ccc(C(F)(F)F)c[nH+]3)CC2)c1. The van der Waals surface area contributed by atoms with Crippen LogP contribution in [0.1, 0.15) is 16.7 Å². The number of nitrogens with zero attached hydrogens (tertiary/aromatic N) is 2. The molecule has 1 fully saturated rings. The molecule has 7 heteroatoms. The zero-order chi connectivity index (χ0) is 17.9. The third-order valence-corrected chi connectivity index (χ3v) is 4.45. The number of anilines is 1. The third-order valence-electron chi connectivity index (χ3n) is 4.45. The van der Waals surface area contributed by atoms with E-state index < -0.39 is 11.7 Å². The molecule has 2 N–H and O–H groups in total. The quantitative estimate of drug-likeness (QED) is 0.909. The summed E-state index contributed by atoms with van der Waals surface area (Å²) in [6, 6.07) is 12.3. The van der Waals surface area contributed by atoms with E-state index >= 15 is 0 Å². The van der Waals surface area contributed by atoms with Crippen LogP contribution in [0.2, 0.25) is 0 Å². The van der Waals surface area contributed by atoms with Gasteiger partial charge in [0.05, 0.1) is 17.2 Å². The molecule has 0 aliphatic carbocycles. The van der Waals surface area contributed by atoms with Crippen molar-refractivity contribution in [3.8, 4) is 6.07 Å². The average molecular weight is 348 g/mol. The summed E-state index contributed by atoms with van der Waals surface area (Å²) in [4.78, 5) is 6.22. The number of nitrogens with one attached hydrogen (secondary N) is 2. The lowest BCUT2D eigenvalue weighted by atomic mass is 10.1. The Morgan fingerprint density at radius 1 is 1.16 bits per heavy atom. The van der Waals surface area contributed by atoms with E-state index in [2.05, 4.69) is 16.0 Å². The first-order valence-electron chi connectivity index (χ1n) is 8.12. The number of nitriles is 1. The van der Waals surface area contributed by atoms with Crippen LogP contribution >= 0.6 is 0 Å². The number of quaternary nitrogens is 1. The summed E-state index contributed by atoms with van der Waals surface area (Å²) in [6.07, 6.45) is -3.31. The lowest BCUT2D eigenvalue weighted by Gasteiger charge is -2.28. The number of H-pyrrole nitrogens is 1. The molecule has 2 heterocycles. The molecule has 130 valence electrons. The number of hydrogen-bond acceptors (Lipinski definition) is 2. The Morgan fingerprint density at radius 2 is 1.92 bits per heavy atom. The summed E-state index contributed by atoms with van der Waals surface area (Å²) >= 11 is 0. The van der Waals surface area contributed by atoms with E-state index in [0.717, 1.165) is 50.6 Å². The molecule has 4 nitrogen and oxygen atoms in total. The molecule has 0 amide bonds. The number of pyridine rings is 1. The maximum atomic E-state index is 12.6. The van der Waals surface area contributed by atoms with Gasteiger partial charge >= 0.3 is 6.18 Å². The Balaban J connectivity index is 1.57. The maximum Gasteiger partial charge on any atom is 0.419 e. The minimum absolute atomic E-state index is 0.662. The first kappa shape index (κ1) is 17.2. The fourth-order valence-corrected chi connectivity index (χ4v) is 3.07. The number of piperazine rings is 1. The highest BCUT2D eigenvalue weighted by Crippen LogP contribution is 2.28. The molecule has 0 bridgehead atoms. The molecule has 1 aromatic heterocycles. The summed E-state index contributed by atoms with van der Waals surface area (Å²) in [5, 5.41) is 8.96. The second kappa shape index (κ2) is 7.11. The normalized spacial score (nSPS) is 15.8. The highest BCUT2D eigenvalue weighted by Gasteiger charge is 2.33. The molecule has 0 saturated carbocycles. The van der Waals surface area contributed by atoms with E-state index in [1.807, 2.05) is 18.2 Å². The molecule has 0 spiro atoms. The smallest absolute Gasteiger partial charge is 0.325 e. The fourth-order valence-electron chi connectivity index (χ4n) is 3.07. The van der Waals surface area contributed by atoms with Crippen molar-refractivity contribution in [1.82, 2.24) is 0 Å². The number of benzene rings is 1. The molecule has 2 aromatic rings. The summed E-state index contributed by atoms with van der Waals surface area (Å²) < 4.78 is 37.9. The van der Waals surface area contributed by atoms with Crippen LogP contribution in [0.4, 0.5) is 19.0 Å². The van der Waals surface area contributed by atoms with Crippen molar-refractivity contribution in [1.29, 1.82) is 5.26 Å². The minimum Gasteiger partial charge on any atom is -0.325 e. The van der Waals surface area contributed by atoms with Gasteiger partial charge in [0.15, 0.2) is 0 Å². The van der Waals surface area contributed by atoms with Crippen LogP contribution < -0.4 is 14.8 Å². The van der Waals surface area contributed by atoms with Gasteiger partial charge in [0.25, 0.3) is 5.82 Å². The molecule has 3 rings (SSSR count). The van der Waals surface area contributed by atoms with Crippen LogP contribution in [0, 0.1) is 11.3 Å². The average Bonchev–Trinajstić information content (AvgIpc) is 2.62. The number of aromatic nitrogens is 1. The number of aromatic amines is 1. The van der Waals surface area contributed by atoms with Gasteiger partial charge in [-0.05, 0) is 18.2 Å². The summed E-state index contributed by atoms with van der Waals surface area (Å²) in [5.41, 5.74) is 1.12. The highest BCUT2D eigenvalue weighted by atomic mass is 19.4. The van der Waals surface area contributed by atoms with E-state index in [1.54, 1.807) is 6.07 Å². The van der Waals surface area contributed by atoms with Crippen LogP contribution in [0.3, 0.4) is 0 Å². The van der Waals surface area contributed by atoms with Gasteiger partial charge in [0.1, 0.15) is 38.9 Å². The molecule has 0 radical (unpaired) electrons. The van der Waals surface area contributed by atoms with Gasteiger partial charge in [0, 0.05) is 11.6 Å². The molecule has 0 unspecified atom stereocenters. The number of hydrogen-bond donors (Lipinski definition) is 1. The van der Waals surface area contributed by atoms with Gasteiger partial charge in [-0.1, -0.05) is 12.1 Å². The molecular weight excluding hydrogens is 329 g/mol. The fraction of sp³-hybridized carbons (Fsp3) is 0.333. The number of alkyl halides is 3. The highest BCUT2D eigenvalue weighted by molar-refractivity contribution is 5.34. The van der Waals surface area contributed by atoms with Crippen LogP contribution in [0.5, 0.6) is 0 Å².